The van der Waals surface area contributed by atoms with Crippen molar-refractivity contribution in [3.63, 3.8) is 0 Å². The molecule has 0 radical (unpaired) electrons. The average Bonchev–Trinajstić information content (AvgIpc) is 2.34. The third-order valence-corrected chi connectivity index (χ3v) is 3.40. The van der Waals surface area contributed by atoms with Gasteiger partial charge in [0.05, 0.1) is 5.02 Å². The van der Waals surface area contributed by atoms with Crippen LogP contribution in [0.5, 0.6) is 11.5 Å². The van der Waals surface area contributed by atoms with E-state index in [0.29, 0.717) is 10.8 Å². The van der Waals surface area contributed by atoms with Crippen molar-refractivity contribution in [2.24, 2.45) is 5.73 Å². The third kappa shape index (κ3) is 3.75. The third-order valence-electron chi connectivity index (χ3n) is 3.10. The van der Waals surface area contributed by atoms with Crippen molar-refractivity contribution in [3.8, 4) is 11.5 Å². The van der Waals surface area contributed by atoms with E-state index in [1.54, 1.807) is 0 Å². The Morgan fingerprint density at radius 1 is 1.10 bits per heavy atom. The van der Waals surface area contributed by atoms with Gasteiger partial charge in [0, 0.05) is 6.04 Å². The lowest BCUT2D eigenvalue weighted by molar-refractivity contribution is 0.478. The van der Waals surface area contributed by atoms with Crippen molar-refractivity contribution >= 4 is 11.6 Å². The first-order valence-electron chi connectivity index (χ1n) is 6.75. The summed E-state index contributed by atoms with van der Waals surface area (Å²) >= 11 is 6.28. The smallest absolute Gasteiger partial charge is 0.146 e. The molecule has 3 heteroatoms. The molecular weight excluding hydrogens is 270 g/mol. The molecule has 0 bridgehead atoms. The van der Waals surface area contributed by atoms with Crippen molar-refractivity contribution in [3.05, 3.63) is 58.1 Å². The molecule has 2 nitrogen and oxygen atoms in total. The highest BCUT2D eigenvalue weighted by Gasteiger charge is 2.07. The fourth-order valence-corrected chi connectivity index (χ4v) is 2.40. The molecular formula is C17H20ClNO. The van der Waals surface area contributed by atoms with E-state index >= 15 is 0 Å². The minimum atomic E-state index is 0.122. The molecule has 20 heavy (non-hydrogen) atoms. The first-order valence-corrected chi connectivity index (χ1v) is 7.12. The van der Waals surface area contributed by atoms with Crippen LogP contribution in [0.15, 0.2) is 36.4 Å². The molecule has 0 heterocycles. The molecule has 0 aromatic heterocycles. The summed E-state index contributed by atoms with van der Waals surface area (Å²) < 4.78 is 5.89. The van der Waals surface area contributed by atoms with Gasteiger partial charge in [-0.1, -0.05) is 35.4 Å². The molecule has 1 unspecified atom stereocenters. The molecule has 0 fully saturated rings. The second-order valence-corrected chi connectivity index (χ2v) is 5.72. The number of halogens is 1. The van der Waals surface area contributed by atoms with Gasteiger partial charge in [-0.15, -0.1) is 0 Å². The van der Waals surface area contributed by atoms with Gasteiger partial charge in [-0.2, -0.15) is 0 Å². The van der Waals surface area contributed by atoms with Crippen molar-refractivity contribution in [2.75, 3.05) is 0 Å². The average molecular weight is 290 g/mol. The molecule has 0 saturated heterocycles. The number of aryl methyl sites for hydroxylation is 2. The number of nitrogens with two attached hydrogens (primary N) is 1. The lowest BCUT2D eigenvalue weighted by Gasteiger charge is -2.12. The fraction of sp³-hybridized carbons (Fsp3) is 0.294. The van der Waals surface area contributed by atoms with Crippen LogP contribution in [-0.2, 0) is 6.42 Å². The summed E-state index contributed by atoms with van der Waals surface area (Å²) in [6.07, 6.45) is 0.809. The summed E-state index contributed by atoms with van der Waals surface area (Å²) in [6, 6.07) is 12.0. The van der Waals surface area contributed by atoms with Crippen LogP contribution in [0.25, 0.3) is 0 Å². The zero-order valence-corrected chi connectivity index (χ0v) is 12.9. The van der Waals surface area contributed by atoms with Crippen LogP contribution in [0.1, 0.15) is 23.6 Å². The molecule has 0 aliphatic rings. The Labute approximate surface area is 125 Å². The van der Waals surface area contributed by atoms with E-state index in [0.717, 1.165) is 23.3 Å². The lowest BCUT2D eigenvalue weighted by Crippen LogP contribution is -2.17. The Kier molecular flexibility index (Phi) is 4.69. The molecule has 2 rings (SSSR count). The number of hydrogen-bond donors (Lipinski definition) is 1. The van der Waals surface area contributed by atoms with Crippen LogP contribution in [0, 0.1) is 13.8 Å². The maximum Gasteiger partial charge on any atom is 0.146 e. The second kappa shape index (κ2) is 6.29. The molecule has 2 N–H and O–H groups in total. The Balaban J connectivity index is 2.21. The normalized spacial score (nSPS) is 12.2. The Hall–Kier alpha value is -1.51. The summed E-state index contributed by atoms with van der Waals surface area (Å²) in [4.78, 5) is 0. The molecule has 106 valence electrons. The van der Waals surface area contributed by atoms with Crippen LogP contribution in [-0.4, -0.2) is 6.04 Å². The van der Waals surface area contributed by atoms with Crippen molar-refractivity contribution in [2.45, 2.75) is 33.2 Å². The second-order valence-electron chi connectivity index (χ2n) is 5.32. The molecule has 0 spiro atoms. The zero-order valence-electron chi connectivity index (χ0n) is 12.1. The predicted octanol–water partition coefficient (Wildman–Crippen LogP) is 4.64. The summed E-state index contributed by atoms with van der Waals surface area (Å²) in [5.74, 6) is 1.50. The topological polar surface area (TPSA) is 35.2 Å². The Bertz CT molecular complexity index is 608. The van der Waals surface area contributed by atoms with Crippen molar-refractivity contribution in [1.29, 1.82) is 0 Å². The fourth-order valence-electron chi connectivity index (χ4n) is 2.16. The van der Waals surface area contributed by atoms with Gasteiger partial charge in [0.2, 0.25) is 0 Å². The highest BCUT2D eigenvalue weighted by Crippen LogP contribution is 2.32. The van der Waals surface area contributed by atoms with Crippen LogP contribution < -0.4 is 10.5 Å². The van der Waals surface area contributed by atoms with E-state index < -0.39 is 0 Å². The van der Waals surface area contributed by atoms with Crippen molar-refractivity contribution < 1.29 is 4.74 Å². The number of hydrogen-bond acceptors (Lipinski definition) is 2. The quantitative estimate of drug-likeness (QED) is 0.890. The summed E-state index contributed by atoms with van der Waals surface area (Å²) in [6.45, 7) is 6.07. The number of benzene rings is 2. The van der Waals surface area contributed by atoms with Gasteiger partial charge < -0.3 is 10.5 Å². The first kappa shape index (κ1) is 14.9. The van der Waals surface area contributed by atoms with Gasteiger partial charge in [-0.05, 0) is 56.5 Å². The van der Waals surface area contributed by atoms with Gasteiger partial charge in [0.15, 0.2) is 0 Å². The highest BCUT2D eigenvalue weighted by atomic mass is 35.5. The highest BCUT2D eigenvalue weighted by molar-refractivity contribution is 6.32. The summed E-state index contributed by atoms with van der Waals surface area (Å²) in [5, 5.41) is 0.614. The molecule has 0 amide bonds. The number of rotatable bonds is 4. The number of ether oxygens (including phenoxy) is 1. The van der Waals surface area contributed by atoms with E-state index in [4.69, 9.17) is 22.1 Å². The largest absolute Gasteiger partial charge is 0.456 e. The molecule has 1 atom stereocenters. The maximum atomic E-state index is 6.28. The van der Waals surface area contributed by atoms with Crippen LogP contribution >= 0.6 is 11.6 Å². The van der Waals surface area contributed by atoms with E-state index in [2.05, 4.69) is 13.0 Å². The van der Waals surface area contributed by atoms with Gasteiger partial charge in [0.25, 0.3) is 0 Å². The zero-order chi connectivity index (χ0) is 14.7. The lowest BCUT2D eigenvalue weighted by atomic mass is 10.1. The monoisotopic (exact) mass is 289 g/mol. The van der Waals surface area contributed by atoms with Gasteiger partial charge in [-0.25, -0.2) is 0 Å². The molecule has 2 aromatic carbocycles. The van der Waals surface area contributed by atoms with E-state index in [-0.39, 0.29) is 6.04 Å². The first-order chi connectivity index (χ1) is 9.45. The van der Waals surface area contributed by atoms with Crippen LogP contribution in [0.3, 0.4) is 0 Å². The molecule has 2 aromatic rings. The molecule has 0 saturated carbocycles. The minimum Gasteiger partial charge on any atom is -0.456 e. The maximum absolute atomic E-state index is 6.28. The standard InChI is InChI=1S/C17H20ClNO/c1-11-4-6-16(12(2)8-11)20-17-7-5-14(9-13(3)19)10-15(17)18/h4-8,10,13H,9,19H2,1-3H3. The van der Waals surface area contributed by atoms with E-state index in [9.17, 15) is 0 Å². The van der Waals surface area contributed by atoms with Gasteiger partial charge in [-0.3, -0.25) is 0 Å². The Morgan fingerprint density at radius 3 is 2.40 bits per heavy atom. The van der Waals surface area contributed by atoms with Crippen molar-refractivity contribution in [1.82, 2.24) is 0 Å². The van der Waals surface area contributed by atoms with Crippen LogP contribution in [0.4, 0.5) is 0 Å². The molecule has 0 aliphatic carbocycles. The summed E-state index contributed by atoms with van der Waals surface area (Å²) in [5.41, 5.74) is 9.23. The van der Waals surface area contributed by atoms with E-state index in [1.807, 2.05) is 44.2 Å². The predicted molar refractivity (Wildman–Crippen MR) is 84.8 cm³/mol. The van der Waals surface area contributed by atoms with Gasteiger partial charge >= 0.3 is 0 Å². The van der Waals surface area contributed by atoms with E-state index in [1.165, 1.54) is 5.56 Å². The SMILES string of the molecule is Cc1ccc(Oc2ccc(CC(C)N)cc2Cl)c(C)c1. The molecule has 0 aliphatic heterocycles. The minimum absolute atomic E-state index is 0.122. The Morgan fingerprint density at radius 2 is 1.80 bits per heavy atom. The van der Waals surface area contributed by atoms with Gasteiger partial charge in [0.1, 0.15) is 11.5 Å². The summed E-state index contributed by atoms with van der Waals surface area (Å²) in [7, 11) is 0. The van der Waals surface area contributed by atoms with Crippen LogP contribution in [0.2, 0.25) is 5.02 Å².